The van der Waals surface area contributed by atoms with Gasteiger partial charge in [-0.05, 0) is 44.2 Å². The first-order valence-corrected chi connectivity index (χ1v) is 8.57. The fourth-order valence-electron chi connectivity index (χ4n) is 2.33. The second-order valence-electron chi connectivity index (χ2n) is 4.79. The van der Waals surface area contributed by atoms with E-state index in [1.807, 2.05) is 0 Å². The van der Waals surface area contributed by atoms with E-state index < -0.39 is 9.84 Å². The van der Waals surface area contributed by atoms with Gasteiger partial charge in [-0.2, -0.15) is 0 Å². The quantitative estimate of drug-likeness (QED) is 0.564. The molecule has 2 atom stereocenters. The van der Waals surface area contributed by atoms with Crippen LogP contribution in [0.3, 0.4) is 0 Å². The summed E-state index contributed by atoms with van der Waals surface area (Å²) in [7, 11) is -2.80. The van der Waals surface area contributed by atoms with Gasteiger partial charge in [0.25, 0.3) is 0 Å². The number of sulfone groups is 1. The van der Waals surface area contributed by atoms with Crippen molar-refractivity contribution in [1.82, 2.24) is 5.32 Å². The van der Waals surface area contributed by atoms with Gasteiger partial charge in [-0.15, -0.1) is 11.6 Å². The highest BCUT2D eigenvalue weighted by molar-refractivity contribution is 7.90. The molecule has 5 heteroatoms. The lowest BCUT2D eigenvalue weighted by Crippen LogP contribution is -2.27. The van der Waals surface area contributed by atoms with Crippen LogP contribution in [0, 0.1) is 11.8 Å². The zero-order valence-electron chi connectivity index (χ0n) is 9.91. The molecule has 0 aromatic heterocycles. The van der Waals surface area contributed by atoms with E-state index in [1.165, 1.54) is 25.5 Å². The second kappa shape index (κ2) is 6.82. The van der Waals surface area contributed by atoms with Gasteiger partial charge in [0, 0.05) is 12.1 Å². The van der Waals surface area contributed by atoms with Gasteiger partial charge < -0.3 is 5.32 Å². The smallest absolute Gasteiger partial charge is 0.147 e. The first-order valence-electron chi connectivity index (χ1n) is 5.97. The topological polar surface area (TPSA) is 46.2 Å². The van der Waals surface area contributed by atoms with Crippen molar-refractivity contribution in [3.8, 4) is 0 Å². The molecule has 0 aromatic carbocycles. The van der Waals surface area contributed by atoms with Crippen LogP contribution < -0.4 is 5.32 Å². The lowest BCUT2D eigenvalue weighted by molar-refractivity contribution is 0.396. The fourth-order valence-corrected chi connectivity index (χ4v) is 3.41. The summed E-state index contributed by atoms with van der Waals surface area (Å²) in [6.07, 6.45) is 5.79. The number of rotatable bonds is 7. The molecule has 0 saturated heterocycles. The molecule has 0 heterocycles. The lowest BCUT2D eigenvalue weighted by Gasteiger charge is -2.17. The Labute approximate surface area is 104 Å². The van der Waals surface area contributed by atoms with Crippen molar-refractivity contribution in [3.63, 3.8) is 0 Å². The largest absolute Gasteiger partial charge is 0.316 e. The number of hydrogen-bond acceptors (Lipinski definition) is 3. The Morgan fingerprint density at radius 1 is 1.31 bits per heavy atom. The summed E-state index contributed by atoms with van der Waals surface area (Å²) < 4.78 is 21.8. The Bertz CT molecular complexity index is 292. The van der Waals surface area contributed by atoms with Crippen molar-refractivity contribution in [3.05, 3.63) is 0 Å². The average Bonchev–Trinajstić information content (AvgIpc) is 2.63. The van der Waals surface area contributed by atoms with E-state index in [9.17, 15) is 8.42 Å². The Morgan fingerprint density at radius 2 is 2.00 bits per heavy atom. The normalized spacial score (nSPS) is 26.1. The van der Waals surface area contributed by atoms with Crippen LogP contribution >= 0.6 is 11.6 Å². The number of halogens is 1. The maximum atomic E-state index is 10.9. The molecule has 1 aliphatic rings. The molecule has 1 saturated carbocycles. The summed E-state index contributed by atoms with van der Waals surface area (Å²) in [4.78, 5) is 0. The molecular weight excluding hydrogens is 246 g/mol. The third-order valence-corrected chi connectivity index (χ3v) is 4.72. The minimum atomic E-state index is -2.80. The van der Waals surface area contributed by atoms with Crippen LogP contribution in [-0.2, 0) is 9.84 Å². The van der Waals surface area contributed by atoms with Crippen molar-refractivity contribution >= 4 is 21.4 Å². The van der Waals surface area contributed by atoms with Crippen molar-refractivity contribution in [2.45, 2.75) is 25.7 Å². The number of alkyl halides is 1. The highest BCUT2D eigenvalue weighted by Crippen LogP contribution is 2.31. The van der Waals surface area contributed by atoms with E-state index in [1.54, 1.807) is 0 Å². The van der Waals surface area contributed by atoms with Crippen molar-refractivity contribution in [1.29, 1.82) is 0 Å². The zero-order chi connectivity index (χ0) is 12.0. The standard InChI is InChI=1S/C11H22ClNO2S/c1-16(14,15)7-3-6-13-9-11-5-2-4-10(11)8-12/h10-11,13H,2-9H2,1H3. The first-order chi connectivity index (χ1) is 7.53. The number of hydrogen-bond donors (Lipinski definition) is 1. The van der Waals surface area contributed by atoms with E-state index in [2.05, 4.69) is 5.32 Å². The van der Waals surface area contributed by atoms with E-state index in [-0.39, 0.29) is 5.75 Å². The van der Waals surface area contributed by atoms with Crippen molar-refractivity contribution in [2.24, 2.45) is 11.8 Å². The molecule has 1 N–H and O–H groups in total. The maximum Gasteiger partial charge on any atom is 0.147 e. The summed E-state index contributed by atoms with van der Waals surface area (Å²) in [6, 6.07) is 0. The SMILES string of the molecule is CS(=O)(=O)CCCNCC1CCCC1CCl. The highest BCUT2D eigenvalue weighted by Gasteiger charge is 2.25. The highest BCUT2D eigenvalue weighted by atomic mass is 35.5. The summed E-state index contributed by atoms with van der Waals surface area (Å²) in [6.45, 7) is 1.78. The molecule has 96 valence electrons. The molecule has 0 bridgehead atoms. The van der Waals surface area contributed by atoms with Gasteiger partial charge in [0.2, 0.25) is 0 Å². The zero-order valence-corrected chi connectivity index (χ0v) is 11.5. The fraction of sp³-hybridized carbons (Fsp3) is 1.00. The molecule has 0 aliphatic heterocycles. The molecule has 1 rings (SSSR count). The van der Waals surface area contributed by atoms with Crippen LogP contribution in [0.25, 0.3) is 0 Å². The van der Waals surface area contributed by atoms with Crippen molar-refractivity contribution in [2.75, 3.05) is 31.0 Å². The summed E-state index contributed by atoms with van der Waals surface area (Å²) in [5.74, 6) is 2.39. The number of nitrogens with one attached hydrogen (secondary N) is 1. The maximum absolute atomic E-state index is 10.9. The third kappa shape index (κ3) is 5.51. The van der Waals surface area contributed by atoms with E-state index in [0.717, 1.165) is 19.0 Å². The Morgan fingerprint density at radius 3 is 2.62 bits per heavy atom. The molecule has 0 amide bonds. The van der Waals surface area contributed by atoms with Crippen LogP contribution in [0.5, 0.6) is 0 Å². The van der Waals surface area contributed by atoms with Gasteiger partial charge in [0.05, 0.1) is 5.75 Å². The molecule has 1 aliphatic carbocycles. The van der Waals surface area contributed by atoms with Crippen LogP contribution in [-0.4, -0.2) is 39.4 Å². The van der Waals surface area contributed by atoms with E-state index in [0.29, 0.717) is 18.3 Å². The Kier molecular flexibility index (Phi) is 6.08. The van der Waals surface area contributed by atoms with Gasteiger partial charge in [0.15, 0.2) is 0 Å². The van der Waals surface area contributed by atoms with Crippen LogP contribution in [0.4, 0.5) is 0 Å². The monoisotopic (exact) mass is 267 g/mol. The molecule has 3 nitrogen and oxygen atoms in total. The minimum Gasteiger partial charge on any atom is -0.316 e. The molecule has 1 fully saturated rings. The molecule has 0 radical (unpaired) electrons. The predicted octanol–water partition coefficient (Wildman–Crippen LogP) is 1.67. The third-order valence-electron chi connectivity index (χ3n) is 3.29. The molecule has 0 spiro atoms. The summed E-state index contributed by atoms with van der Waals surface area (Å²) in [5, 5.41) is 3.34. The summed E-state index contributed by atoms with van der Waals surface area (Å²) in [5.41, 5.74) is 0. The molecule has 0 aromatic rings. The van der Waals surface area contributed by atoms with Crippen LogP contribution in [0.15, 0.2) is 0 Å². The Balaban J connectivity index is 2.07. The first kappa shape index (κ1) is 14.3. The van der Waals surface area contributed by atoms with Gasteiger partial charge in [-0.3, -0.25) is 0 Å². The Hall–Kier alpha value is 0.200. The molecule has 2 unspecified atom stereocenters. The van der Waals surface area contributed by atoms with Crippen LogP contribution in [0.1, 0.15) is 25.7 Å². The van der Waals surface area contributed by atoms with Gasteiger partial charge in [0.1, 0.15) is 9.84 Å². The predicted molar refractivity (Wildman–Crippen MR) is 68.7 cm³/mol. The van der Waals surface area contributed by atoms with Crippen LogP contribution in [0.2, 0.25) is 0 Å². The minimum absolute atomic E-state index is 0.281. The van der Waals surface area contributed by atoms with Gasteiger partial charge >= 0.3 is 0 Å². The van der Waals surface area contributed by atoms with Gasteiger partial charge in [-0.1, -0.05) is 6.42 Å². The van der Waals surface area contributed by atoms with Gasteiger partial charge in [-0.25, -0.2) is 8.42 Å². The average molecular weight is 268 g/mol. The van der Waals surface area contributed by atoms with E-state index in [4.69, 9.17) is 11.6 Å². The molecule has 16 heavy (non-hydrogen) atoms. The summed E-state index contributed by atoms with van der Waals surface area (Å²) >= 11 is 5.90. The lowest BCUT2D eigenvalue weighted by atomic mass is 9.98. The second-order valence-corrected chi connectivity index (χ2v) is 7.36. The molecular formula is C11H22ClNO2S. The van der Waals surface area contributed by atoms with Crippen molar-refractivity contribution < 1.29 is 8.42 Å². The van der Waals surface area contributed by atoms with E-state index >= 15 is 0 Å².